The third-order valence-electron chi connectivity index (χ3n) is 9.39. The predicted molar refractivity (Wildman–Crippen MR) is 167 cm³/mol. The molecule has 1 saturated heterocycles. The highest BCUT2D eigenvalue weighted by Gasteiger charge is 2.56. The number of ketones is 1. The van der Waals surface area contributed by atoms with Crippen LogP contribution in [0.1, 0.15) is 102 Å². The average Bonchev–Trinajstić information content (AvgIpc) is 3.69. The van der Waals surface area contributed by atoms with Crippen molar-refractivity contribution >= 4 is 5.78 Å². The molecule has 4 heteroatoms. The summed E-state index contributed by atoms with van der Waals surface area (Å²) in [5.41, 5.74) is 8.06. The van der Waals surface area contributed by atoms with Gasteiger partial charge in [-0.15, -0.1) is 0 Å². The zero-order valence-corrected chi connectivity index (χ0v) is 25.8. The van der Waals surface area contributed by atoms with E-state index in [4.69, 9.17) is 9.47 Å². The number of carbonyl (C=O) groups is 1. The van der Waals surface area contributed by atoms with E-state index in [1.165, 1.54) is 55.2 Å². The largest absolute Gasteiger partial charge is 0.496 e. The maximum absolute atomic E-state index is 14.0. The standard InChI is InChI=1S/C37H47NO3/c1-24-20-30(21-25(2)36(24)40-5)33(31-22-26(3)37(41-6)27(4)23-31)38-34(29-17-11-8-12-18-29)35(38)32(39)19-13-16-28-14-9-7-10-15-28/h8,11-12,17-18,20-23,28,33-35H,7,9-10,13-16,19H2,1-6H3/t34-,35+,38?/m0/s1. The number of methoxy groups -OCH3 is 2. The van der Waals surface area contributed by atoms with Crippen LogP contribution in [0.3, 0.4) is 0 Å². The highest BCUT2D eigenvalue weighted by molar-refractivity contribution is 5.88. The fourth-order valence-corrected chi connectivity index (χ4v) is 7.57. The van der Waals surface area contributed by atoms with Gasteiger partial charge in [-0.25, -0.2) is 0 Å². The van der Waals surface area contributed by atoms with Crippen LogP contribution in [0.15, 0.2) is 54.6 Å². The van der Waals surface area contributed by atoms with Gasteiger partial charge in [0, 0.05) is 6.42 Å². The first-order valence-electron chi connectivity index (χ1n) is 15.5. The molecule has 218 valence electrons. The van der Waals surface area contributed by atoms with E-state index >= 15 is 0 Å². The molecule has 4 nitrogen and oxygen atoms in total. The predicted octanol–water partition coefficient (Wildman–Crippen LogP) is 8.77. The molecule has 0 bridgehead atoms. The molecule has 1 aliphatic carbocycles. The summed E-state index contributed by atoms with van der Waals surface area (Å²) in [5.74, 6) is 3.04. The van der Waals surface area contributed by atoms with Crippen LogP contribution in [0.2, 0.25) is 0 Å². The van der Waals surface area contributed by atoms with Crippen molar-refractivity contribution in [1.82, 2.24) is 4.90 Å². The van der Waals surface area contributed by atoms with Crippen molar-refractivity contribution in [3.8, 4) is 11.5 Å². The van der Waals surface area contributed by atoms with Gasteiger partial charge in [-0.1, -0.05) is 93.1 Å². The van der Waals surface area contributed by atoms with E-state index < -0.39 is 0 Å². The molecule has 2 fully saturated rings. The molecule has 5 rings (SSSR count). The molecule has 41 heavy (non-hydrogen) atoms. The first-order valence-corrected chi connectivity index (χ1v) is 15.5. The summed E-state index contributed by atoms with van der Waals surface area (Å²) in [6.45, 7) is 8.45. The third-order valence-corrected chi connectivity index (χ3v) is 9.39. The molecule has 0 amide bonds. The van der Waals surface area contributed by atoms with Gasteiger partial charge in [0.1, 0.15) is 11.5 Å². The Morgan fingerprint density at radius 2 is 1.32 bits per heavy atom. The lowest BCUT2D eigenvalue weighted by Gasteiger charge is -2.25. The smallest absolute Gasteiger partial charge is 0.151 e. The zero-order valence-electron chi connectivity index (χ0n) is 25.8. The van der Waals surface area contributed by atoms with E-state index in [1.54, 1.807) is 14.2 Å². The molecule has 1 saturated carbocycles. The molecule has 1 aliphatic heterocycles. The Morgan fingerprint density at radius 1 is 0.805 bits per heavy atom. The topological polar surface area (TPSA) is 38.5 Å². The van der Waals surface area contributed by atoms with Crippen LogP contribution in [-0.2, 0) is 4.79 Å². The number of benzene rings is 3. The molecule has 3 atom stereocenters. The highest BCUT2D eigenvalue weighted by atomic mass is 16.5. The number of hydrogen-bond donors (Lipinski definition) is 0. The summed E-state index contributed by atoms with van der Waals surface area (Å²) >= 11 is 0. The van der Waals surface area contributed by atoms with Crippen LogP contribution in [0.5, 0.6) is 11.5 Å². The zero-order chi connectivity index (χ0) is 29.1. The summed E-state index contributed by atoms with van der Waals surface area (Å²) in [5, 5.41) is 0. The van der Waals surface area contributed by atoms with Gasteiger partial charge in [-0.05, 0) is 79.0 Å². The second-order valence-electron chi connectivity index (χ2n) is 12.4. The first-order chi connectivity index (χ1) is 19.8. The molecule has 3 aromatic carbocycles. The third kappa shape index (κ3) is 6.23. The number of aryl methyl sites for hydroxylation is 4. The lowest BCUT2D eigenvalue weighted by molar-refractivity contribution is -0.119. The van der Waals surface area contributed by atoms with E-state index in [-0.39, 0.29) is 18.1 Å². The minimum absolute atomic E-state index is 0.0564. The Bertz CT molecular complexity index is 1250. The number of hydrogen-bond acceptors (Lipinski definition) is 4. The maximum Gasteiger partial charge on any atom is 0.151 e. The molecular weight excluding hydrogens is 506 g/mol. The van der Waals surface area contributed by atoms with Gasteiger partial charge in [0.15, 0.2) is 5.78 Å². The summed E-state index contributed by atoms with van der Waals surface area (Å²) < 4.78 is 11.4. The Balaban J connectivity index is 1.53. The second kappa shape index (κ2) is 12.8. The van der Waals surface area contributed by atoms with Crippen LogP contribution >= 0.6 is 0 Å². The Hall–Kier alpha value is -3.11. The van der Waals surface area contributed by atoms with Gasteiger partial charge >= 0.3 is 0 Å². The van der Waals surface area contributed by atoms with Gasteiger partial charge in [0.25, 0.3) is 0 Å². The quantitative estimate of drug-likeness (QED) is 0.223. The molecule has 2 aliphatic rings. The molecule has 0 radical (unpaired) electrons. The van der Waals surface area contributed by atoms with Gasteiger partial charge in [-0.2, -0.15) is 0 Å². The summed E-state index contributed by atoms with van der Waals surface area (Å²) in [6.07, 6.45) is 9.61. The fraction of sp³-hybridized carbons (Fsp3) is 0.486. The normalized spacial score (nSPS) is 20.7. The number of rotatable bonds is 11. The number of Topliss-reactive ketones (excluding diaryl/α,β-unsaturated/α-hetero) is 1. The number of nitrogens with zero attached hydrogens (tertiary/aromatic N) is 1. The van der Waals surface area contributed by atoms with Crippen LogP contribution in [-0.4, -0.2) is 30.9 Å². The molecule has 1 heterocycles. The van der Waals surface area contributed by atoms with Crippen molar-refractivity contribution in [2.45, 2.75) is 97.2 Å². The van der Waals surface area contributed by atoms with Crippen LogP contribution in [0.4, 0.5) is 0 Å². The minimum Gasteiger partial charge on any atom is -0.496 e. The Labute approximate surface area is 247 Å². The van der Waals surface area contributed by atoms with Gasteiger partial charge in [0.2, 0.25) is 0 Å². The summed E-state index contributed by atoms with van der Waals surface area (Å²) in [6, 6.07) is 19.5. The fourth-order valence-electron chi connectivity index (χ4n) is 7.57. The SMILES string of the molecule is COc1c(C)cc(C(c2cc(C)c(OC)c(C)c2)N2[C@H](C(=O)CCCC3CCCCC3)[C@@H]2c2ccccc2)cc1C. The number of carbonyl (C=O) groups excluding carboxylic acids is 1. The summed E-state index contributed by atoms with van der Waals surface area (Å²) in [4.78, 5) is 16.5. The molecule has 0 spiro atoms. The maximum atomic E-state index is 14.0. The van der Waals surface area contributed by atoms with E-state index in [0.29, 0.717) is 12.2 Å². The summed E-state index contributed by atoms with van der Waals surface area (Å²) in [7, 11) is 3.47. The number of ether oxygens (including phenoxy) is 2. The van der Waals surface area contributed by atoms with Crippen molar-refractivity contribution in [2.24, 2.45) is 5.92 Å². The van der Waals surface area contributed by atoms with Gasteiger partial charge in [0.05, 0.1) is 32.3 Å². The highest BCUT2D eigenvalue weighted by Crippen LogP contribution is 2.53. The van der Waals surface area contributed by atoms with Crippen molar-refractivity contribution in [3.05, 3.63) is 93.5 Å². The van der Waals surface area contributed by atoms with E-state index in [0.717, 1.165) is 46.1 Å². The van der Waals surface area contributed by atoms with Crippen LogP contribution in [0, 0.1) is 33.6 Å². The van der Waals surface area contributed by atoms with Crippen molar-refractivity contribution < 1.29 is 14.3 Å². The van der Waals surface area contributed by atoms with E-state index in [2.05, 4.69) is 87.2 Å². The second-order valence-corrected chi connectivity index (χ2v) is 12.4. The lowest BCUT2D eigenvalue weighted by atomic mass is 9.85. The molecular formula is C37H47NO3. The molecule has 0 N–H and O–H groups in total. The molecule has 3 aromatic rings. The van der Waals surface area contributed by atoms with E-state index in [1.807, 2.05) is 0 Å². The molecule has 0 aromatic heterocycles. The van der Waals surface area contributed by atoms with Crippen molar-refractivity contribution in [2.75, 3.05) is 14.2 Å². The average molecular weight is 554 g/mol. The van der Waals surface area contributed by atoms with E-state index in [9.17, 15) is 4.79 Å². The van der Waals surface area contributed by atoms with Crippen LogP contribution < -0.4 is 9.47 Å². The first kappa shape index (κ1) is 29.4. The Kier molecular flexibility index (Phi) is 9.19. The monoisotopic (exact) mass is 553 g/mol. The van der Waals surface area contributed by atoms with Crippen molar-refractivity contribution in [3.63, 3.8) is 0 Å². The lowest BCUT2D eigenvalue weighted by Crippen LogP contribution is -2.20. The Morgan fingerprint density at radius 3 is 1.80 bits per heavy atom. The van der Waals surface area contributed by atoms with Gasteiger partial charge < -0.3 is 9.47 Å². The van der Waals surface area contributed by atoms with Crippen LogP contribution in [0.25, 0.3) is 0 Å². The van der Waals surface area contributed by atoms with Gasteiger partial charge in [-0.3, -0.25) is 9.69 Å². The minimum atomic E-state index is -0.126. The van der Waals surface area contributed by atoms with Crippen molar-refractivity contribution in [1.29, 1.82) is 0 Å². The molecule has 1 unspecified atom stereocenters.